The first kappa shape index (κ1) is 9.01. The average molecular weight is 162 g/mol. The first-order valence-corrected chi connectivity index (χ1v) is 4.24. The summed E-state index contributed by atoms with van der Waals surface area (Å²) in [5.74, 6) is 0. The predicted octanol–water partition coefficient (Wildman–Crippen LogP) is 2.47. The van der Waals surface area contributed by atoms with Gasteiger partial charge >= 0.3 is 0 Å². The van der Waals surface area contributed by atoms with Gasteiger partial charge in [0.1, 0.15) is 0 Å². The van der Waals surface area contributed by atoms with Crippen molar-refractivity contribution in [3.8, 4) is 0 Å². The molecular formula is C11H14O. The Morgan fingerprint density at radius 3 is 2.58 bits per heavy atom. The van der Waals surface area contributed by atoms with Gasteiger partial charge in [-0.05, 0) is 12.0 Å². The molecule has 0 saturated carbocycles. The zero-order chi connectivity index (χ0) is 8.81. The molecule has 1 aromatic rings. The summed E-state index contributed by atoms with van der Waals surface area (Å²) in [7, 11) is 0. The van der Waals surface area contributed by atoms with Crippen LogP contribution in [0.25, 0.3) is 6.08 Å². The molecule has 0 aromatic heterocycles. The molecule has 1 rings (SSSR count). The van der Waals surface area contributed by atoms with E-state index in [1.165, 1.54) is 0 Å². The van der Waals surface area contributed by atoms with Crippen LogP contribution >= 0.6 is 0 Å². The van der Waals surface area contributed by atoms with E-state index in [0.717, 1.165) is 12.0 Å². The second kappa shape index (κ2) is 4.73. The van der Waals surface area contributed by atoms with E-state index in [2.05, 4.69) is 0 Å². The highest BCUT2D eigenvalue weighted by atomic mass is 16.3. The standard InChI is InChI=1S/C11H14O/c1-2-11(12)9-8-10-6-4-3-5-7-10/h3-9,11-12H,2H2,1H3/b9-8-/t11-/m0/s1. The van der Waals surface area contributed by atoms with Crippen molar-refractivity contribution in [1.29, 1.82) is 0 Å². The van der Waals surface area contributed by atoms with Crippen LogP contribution in [0, 0.1) is 0 Å². The molecule has 0 bridgehead atoms. The van der Waals surface area contributed by atoms with Crippen LogP contribution in [0.1, 0.15) is 18.9 Å². The molecule has 0 unspecified atom stereocenters. The minimum absolute atomic E-state index is 0.315. The first-order valence-electron chi connectivity index (χ1n) is 4.24. The fourth-order valence-corrected chi connectivity index (χ4v) is 0.922. The van der Waals surface area contributed by atoms with Crippen molar-refractivity contribution in [2.45, 2.75) is 19.4 Å². The van der Waals surface area contributed by atoms with Crippen LogP contribution < -0.4 is 0 Å². The van der Waals surface area contributed by atoms with Crippen molar-refractivity contribution in [3.05, 3.63) is 42.0 Å². The largest absolute Gasteiger partial charge is 0.389 e. The molecule has 1 nitrogen and oxygen atoms in total. The van der Waals surface area contributed by atoms with Crippen LogP contribution in [-0.2, 0) is 0 Å². The van der Waals surface area contributed by atoms with Crippen LogP contribution in [0.4, 0.5) is 0 Å². The maximum atomic E-state index is 9.23. The quantitative estimate of drug-likeness (QED) is 0.724. The molecule has 1 heteroatoms. The molecule has 0 amide bonds. The Balaban J connectivity index is 2.58. The van der Waals surface area contributed by atoms with E-state index in [0.29, 0.717) is 0 Å². The summed E-state index contributed by atoms with van der Waals surface area (Å²) in [6.45, 7) is 1.96. The third kappa shape index (κ3) is 2.89. The summed E-state index contributed by atoms with van der Waals surface area (Å²) in [4.78, 5) is 0. The summed E-state index contributed by atoms with van der Waals surface area (Å²) in [5, 5.41) is 9.23. The van der Waals surface area contributed by atoms with E-state index in [1.807, 2.05) is 49.4 Å². The van der Waals surface area contributed by atoms with Gasteiger partial charge in [-0.3, -0.25) is 0 Å². The molecule has 0 radical (unpaired) electrons. The Labute approximate surface area is 73.4 Å². The van der Waals surface area contributed by atoms with Gasteiger partial charge in [0, 0.05) is 0 Å². The van der Waals surface area contributed by atoms with E-state index in [9.17, 15) is 5.11 Å². The van der Waals surface area contributed by atoms with Gasteiger partial charge in [0.15, 0.2) is 0 Å². The number of benzene rings is 1. The lowest BCUT2D eigenvalue weighted by molar-refractivity contribution is 0.220. The van der Waals surface area contributed by atoms with Gasteiger partial charge in [0.05, 0.1) is 6.10 Å². The molecule has 1 aromatic carbocycles. The highest BCUT2D eigenvalue weighted by Gasteiger charge is 1.91. The summed E-state index contributed by atoms with van der Waals surface area (Å²) in [6.07, 6.45) is 4.21. The number of hydrogen-bond acceptors (Lipinski definition) is 1. The van der Waals surface area contributed by atoms with Crippen LogP contribution in [0.3, 0.4) is 0 Å². The fourth-order valence-electron chi connectivity index (χ4n) is 0.922. The lowest BCUT2D eigenvalue weighted by Gasteiger charge is -1.98. The lowest BCUT2D eigenvalue weighted by Crippen LogP contribution is -1.97. The fraction of sp³-hybridized carbons (Fsp3) is 0.273. The molecule has 0 fully saturated rings. The number of hydrogen-bond donors (Lipinski definition) is 1. The zero-order valence-corrected chi connectivity index (χ0v) is 7.27. The Morgan fingerprint density at radius 2 is 2.00 bits per heavy atom. The van der Waals surface area contributed by atoms with Crippen molar-refractivity contribution < 1.29 is 5.11 Å². The van der Waals surface area contributed by atoms with Gasteiger partial charge in [-0.15, -0.1) is 0 Å². The molecule has 0 aliphatic heterocycles. The molecule has 1 atom stereocenters. The molecule has 12 heavy (non-hydrogen) atoms. The van der Waals surface area contributed by atoms with Crippen LogP contribution in [-0.4, -0.2) is 11.2 Å². The number of rotatable bonds is 3. The molecule has 0 heterocycles. The molecule has 0 saturated heterocycles. The monoisotopic (exact) mass is 162 g/mol. The van der Waals surface area contributed by atoms with Crippen LogP contribution in [0.5, 0.6) is 0 Å². The molecule has 0 spiro atoms. The smallest absolute Gasteiger partial charge is 0.0721 e. The first-order chi connectivity index (χ1) is 5.83. The van der Waals surface area contributed by atoms with Crippen molar-refractivity contribution >= 4 is 6.08 Å². The van der Waals surface area contributed by atoms with Gasteiger partial charge in [0.2, 0.25) is 0 Å². The van der Waals surface area contributed by atoms with Gasteiger partial charge in [-0.1, -0.05) is 49.4 Å². The van der Waals surface area contributed by atoms with Crippen molar-refractivity contribution in [2.75, 3.05) is 0 Å². The van der Waals surface area contributed by atoms with Gasteiger partial charge in [-0.2, -0.15) is 0 Å². The third-order valence-corrected chi connectivity index (χ3v) is 1.73. The second-order valence-electron chi connectivity index (χ2n) is 2.75. The maximum absolute atomic E-state index is 9.23. The number of aliphatic hydroxyl groups excluding tert-OH is 1. The topological polar surface area (TPSA) is 20.2 Å². The average Bonchev–Trinajstić information content (AvgIpc) is 2.16. The summed E-state index contributed by atoms with van der Waals surface area (Å²) in [5.41, 5.74) is 1.13. The zero-order valence-electron chi connectivity index (χ0n) is 7.27. The Morgan fingerprint density at radius 1 is 1.33 bits per heavy atom. The SMILES string of the molecule is CC[C@H](O)/C=C\c1ccccc1. The van der Waals surface area contributed by atoms with E-state index in [-0.39, 0.29) is 6.10 Å². The molecule has 0 aliphatic carbocycles. The maximum Gasteiger partial charge on any atom is 0.0721 e. The predicted molar refractivity (Wildman–Crippen MR) is 51.8 cm³/mol. The second-order valence-corrected chi connectivity index (χ2v) is 2.75. The Kier molecular flexibility index (Phi) is 3.55. The van der Waals surface area contributed by atoms with Crippen LogP contribution in [0.2, 0.25) is 0 Å². The molecule has 1 N–H and O–H groups in total. The van der Waals surface area contributed by atoms with E-state index >= 15 is 0 Å². The third-order valence-electron chi connectivity index (χ3n) is 1.73. The van der Waals surface area contributed by atoms with Gasteiger partial charge < -0.3 is 5.11 Å². The van der Waals surface area contributed by atoms with E-state index in [1.54, 1.807) is 0 Å². The summed E-state index contributed by atoms with van der Waals surface area (Å²) < 4.78 is 0. The Hall–Kier alpha value is -1.08. The number of aliphatic hydroxyl groups is 1. The summed E-state index contributed by atoms with van der Waals surface area (Å²) in [6, 6.07) is 9.97. The van der Waals surface area contributed by atoms with Gasteiger partial charge in [-0.25, -0.2) is 0 Å². The lowest BCUT2D eigenvalue weighted by atomic mass is 10.2. The Bertz CT molecular complexity index is 238. The molecule has 0 aliphatic rings. The highest BCUT2D eigenvalue weighted by Crippen LogP contribution is 2.02. The molecular weight excluding hydrogens is 148 g/mol. The van der Waals surface area contributed by atoms with Gasteiger partial charge in [0.25, 0.3) is 0 Å². The van der Waals surface area contributed by atoms with E-state index in [4.69, 9.17) is 0 Å². The minimum Gasteiger partial charge on any atom is -0.389 e. The van der Waals surface area contributed by atoms with Crippen molar-refractivity contribution in [2.24, 2.45) is 0 Å². The highest BCUT2D eigenvalue weighted by molar-refractivity contribution is 5.49. The van der Waals surface area contributed by atoms with E-state index < -0.39 is 0 Å². The van der Waals surface area contributed by atoms with Crippen molar-refractivity contribution in [1.82, 2.24) is 0 Å². The van der Waals surface area contributed by atoms with Crippen molar-refractivity contribution in [3.63, 3.8) is 0 Å². The summed E-state index contributed by atoms with van der Waals surface area (Å²) >= 11 is 0. The normalized spacial score (nSPS) is 13.5. The molecule has 64 valence electrons. The van der Waals surface area contributed by atoms with Crippen LogP contribution in [0.15, 0.2) is 36.4 Å². The minimum atomic E-state index is -0.315.